The molecule has 0 aliphatic heterocycles. The van der Waals surface area contributed by atoms with Crippen molar-refractivity contribution >= 4 is 17.3 Å². The average molecular weight is 366 g/mol. The largest absolute Gasteiger partial charge is 0.544 e. The van der Waals surface area contributed by atoms with Crippen LogP contribution in [0.1, 0.15) is 45.3 Å². The minimum Gasteiger partial charge on any atom is -0.544 e. The number of nitrogens with zero attached hydrogens (tertiary/aromatic N) is 1. The van der Waals surface area contributed by atoms with Gasteiger partial charge in [0.15, 0.2) is 0 Å². The molecule has 0 saturated heterocycles. The van der Waals surface area contributed by atoms with Gasteiger partial charge in [-0.25, -0.2) is 4.98 Å². The zero-order valence-corrected chi connectivity index (χ0v) is 15.8. The molecule has 0 aliphatic carbocycles. The van der Waals surface area contributed by atoms with E-state index < -0.39 is 5.97 Å². The topological polar surface area (TPSA) is 62.2 Å². The van der Waals surface area contributed by atoms with Gasteiger partial charge >= 0.3 is 0 Å². The number of benzene rings is 2. The molecule has 0 atom stereocenters. The van der Waals surface area contributed by atoms with Gasteiger partial charge in [0, 0.05) is 5.41 Å². The number of hydrogen-bond donors (Lipinski definition) is 0. The first-order chi connectivity index (χ1) is 12.4. The molecule has 134 valence electrons. The van der Waals surface area contributed by atoms with Crippen molar-refractivity contribution in [3.05, 3.63) is 81.3 Å². The number of thiazole rings is 1. The van der Waals surface area contributed by atoms with Crippen LogP contribution in [0, 0.1) is 6.92 Å². The Morgan fingerprint density at radius 2 is 1.69 bits per heavy atom. The highest BCUT2D eigenvalue weighted by atomic mass is 32.1. The number of aromatic carboxylic acids is 1. The van der Waals surface area contributed by atoms with Gasteiger partial charge in [0.1, 0.15) is 17.4 Å². The van der Waals surface area contributed by atoms with E-state index in [1.807, 2.05) is 30.3 Å². The van der Waals surface area contributed by atoms with Crippen LogP contribution in [0.2, 0.25) is 0 Å². The number of carboxylic acid groups (broad SMARTS) is 1. The van der Waals surface area contributed by atoms with Crippen LogP contribution in [0.3, 0.4) is 0 Å². The van der Waals surface area contributed by atoms with Crippen molar-refractivity contribution in [3.8, 4) is 5.75 Å². The predicted octanol–water partition coefficient (Wildman–Crippen LogP) is 3.72. The molecule has 0 aliphatic rings. The van der Waals surface area contributed by atoms with Gasteiger partial charge in [0.05, 0.1) is 16.5 Å². The zero-order valence-electron chi connectivity index (χ0n) is 15.0. The molecular weight excluding hydrogens is 346 g/mol. The van der Waals surface area contributed by atoms with Crippen molar-refractivity contribution in [2.24, 2.45) is 0 Å². The lowest BCUT2D eigenvalue weighted by Gasteiger charge is -2.26. The summed E-state index contributed by atoms with van der Waals surface area (Å²) in [6.45, 7) is 6.28. The fourth-order valence-corrected chi connectivity index (χ4v) is 3.65. The van der Waals surface area contributed by atoms with Gasteiger partial charge in [-0.3, -0.25) is 0 Å². The lowest BCUT2D eigenvalue weighted by Crippen LogP contribution is -2.21. The molecule has 0 unspecified atom stereocenters. The number of aryl methyl sites for hydroxylation is 1. The highest BCUT2D eigenvalue weighted by Gasteiger charge is 2.22. The zero-order chi connectivity index (χ0) is 18.7. The summed E-state index contributed by atoms with van der Waals surface area (Å²) >= 11 is 1.09. The van der Waals surface area contributed by atoms with Crippen LogP contribution in [0.25, 0.3) is 0 Å². The third-order valence-corrected chi connectivity index (χ3v) is 5.57. The monoisotopic (exact) mass is 366 g/mol. The summed E-state index contributed by atoms with van der Waals surface area (Å²) in [7, 11) is 0. The smallest absolute Gasteiger partial charge is 0.140 e. The van der Waals surface area contributed by atoms with Gasteiger partial charge < -0.3 is 14.6 Å². The SMILES string of the molecule is Cc1nc(COc2ccc(C(C)(C)c3ccccc3)cc2)sc1C(=O)[O-]. The Morgan fingerprint density at radius 1 is 1.08 bits per heavy atom. The Kier molecular flexibility index (Phi) is 5.09. The molecular formula is C21H20NO3S-. The molecule has 1 aromatic heterocycles. The minimum atomic E-state index is -1.20. The summed E-state index contributed by atoms with van der Waals surface area (Å²) in [6, 6.07) is 18.3. The first-order valence-corrected chi connectivity index (χ1v) is 9.16. The number of aromatic nitrogens is 1. The Labute approximate surface area is 157 Å². The Balaban J connectivity index is 1.70. The van der Waals surface area contributed by atoms with Crippen LogP contribution in [0.5, 0.6) is 5.75 Å². The van der Waals surface area contributed by atoms with Crippen molar-refractivity contribution in [3.63, 3.8) is 0 Å². The molecule has 0 amide bonds. The summed E-state index contributed by atoms with van der Waals surface area (Å²) in [5.41, 5.74) is 2.81. The standard InChI is InChI=1S/C21H21NO3S/c1-14-19(20(23)24)26-18(22-14)13-25-17-11-9-16(10-12-17)21(2,3)15-7-5-4-6-8-15/h4-12H,13H2,1-3H3,(H,23,24)/p-1. The number of carbonyl (C=O) groups is 1. The van der Waals surface area contributed by atoms with Gasteiger partial charge in [0.2, 0.25) is 0 Å². The maximum Gasteiger partial charge on any atom is 0.140 e. The van der Waals surface area contributed by atoms with Gasteiger partial charge in [-0.1, -0.05) is 56.3 Å². The molecule has 3 rings (SSSR count). The summed E-state index contributed by atoms with van der Waals surface area (Å²) in [6.07, 6.45) is 0. The first-order valence-electron chi connectivity index (χ1n) is 8.34. The highest BCUT2D eigenvalue weighted by Crippen LogP contribution is 2.32. The van der Waals surface area contributed by atoms with Crippen LogP contribution in [0.15, 0.2) is 54.6 Å². The van der Waals surface area contributed by atoms with Crippen LogP contribution in [0.4, 0.5) is 0 Å². The highest BCUT2D eigenvalue weighted by molar-refractivity contribution is 7.13. The van der Waals surface area contributed by atoms with Crippen molar-refractivity contribution in [2.75, 3.05) is 0 Å². The second-order valence-electron chi connectivity index (χ2n) is 6.61. The number of carboxylic acids is 1. The minimum absolute atomic E-state index is 0.102. The quantitative estimate of drug-likeness (QED) is 0.667. The Morgan fingerprint density at radius 3 is 2.27 bits per heavy atom. The van der Waals surface area contributed by atoms with E-state index in [0.717, 1.165) is 17.1 Å². The van der Waals surface area contributed by atoms with E-state index in [1.165, 1.54) is 11.1 Å². The number of rotatable bonds is 6. The van der Waals surface area contributed by atoms with Crippen molar-refractivity contribution in [2.45, 2.75) is 32.8 Å². The summed E-state index contributed by atoms with van der Waals surface area (Å²) in [4.78, 5) is 15.3. The normalized spacial score (nSPS) is 11.3. The predicted molar refractivity (Wildman–Crippen MR) is 101 cm³/mol. The van der Waals surface area contributed by atoms with Crippen LogP contribution < -0.4 is 9.84 Å². The van der Waals surface area contributed by atoms with Gasteiger partial charge in [-0.2, -0.15) is 0 Å². The van der Waals surface area contributed by atoms with E-state index in [9.17, 15) is 9.90 Å². The number of carbonyl (C=O) groups excluding carboxylic acids is 1. The maximum atomic E-state index is 11.0. The van der Waals surface area contributed by atoms with Gasteiger partial charge in [0.25, 0.3) is 0 Å². The second-order valence-corrected chi connectivity index (χ2v) is 7.70. The van der Waals surface area contributed by atoms with E-state index in [0.29, 0.717) is 10.7 Å². The molecule has 0 saturated carbocycles. The van der Waals surface area contributed by atoms with E-state index in [2.05, 4.69) is 43.1 Å². The number of ether oxygens (including phenoxy) is 1. The molecule has 0 N–H and O–H groups in total. The third-order valence-electron chi connectivity index (χ3n) is 4.46. The van der Waals surface area contributed by atoms with Crippen LogP contribution >= 0.6 is 11.3 Å². The fourth-order valence-electron chi connectivity index (χ4n) is 2.84. The van der Waals surface area contributed by atoms with Crippen LogP contribution in [-0.4, -0.2) is 11.0 Å². The molecule has 5 heteroatoms. The lowest BCUT2D eigenvalue weighted by atomic mass is 9.78. The van der Waals surface area contributed by atoms with E-state index in [4.69, 9.17) is 4.74 Å². The molecule has 2 aromatic carbocycles. The van der Waals surface area contributed by atoms with Crippen LogP contribution in [-0.2, 0) is 12.0 Å². The molecule has 26 heavy (non-hydrogen) atoms. The summed E-state index contributed by atoms with van der Waals surface area (Å²) in [5, 5.41) is 11.6. The molecule has 3 aromatic rings. The molecule has 0 spiro atoms. The third kappa shape index (κ3) is 3.78. The summed E-state index contributed by atoms with van der Waals surface area (Å²) < 4.78 is 5.75. The van der Waals surface area contributed by atoms with Crippen molar-refractivity contribution in [1.29, 1.82) is 0 Å². The van der Waals surface area contributed by atoms with Gasteiger partial charge in [-0.05, 0) is 30.2 Å². The van der Waals surface area contributed by atoms with Crippen molar-refractivity contribution in [1.82, 2.24) is 4.98 Å². The Bertz CT molecular complexity index is 899. The van der Waals surface area contributed by atoms with Crippen molar-refractivity contribution < 1.29 is 14.6 Å². The second kappa shape index (κ2) is 7.30. The molecule has 0 fully saturated rings. The molecule has 0 radical (unpaired) electrons. The fraction of sp³-hybridized carbons (Fsp3) is 0.238. The lowest BCUT2D eigenvalue weighted by molar-refractivity contribution is -0.254. The summed E-state index contributed by atoms with van der Waals surface area (Å²) in [5.74, 6) is -0.473. The first kappa shape index (κ1) is 18.1. The molecule has 4 nitrogen and oxygen atoms in total. The average Bonchev–Trinajstić information content (AvgIpc) is 3.02. The number of hydrogen-bond acceptors (Lipinski definition) is 5. The maximum absolute atomic E-state index is 11.0. The van der Waals surface area contributed by atoms with Gasteiger partial charge in [-0.15, -0.1) is 11.3 Å². The van der Waals surface area contributed by atoms with E-state index >= 15 is 0 Å². The molecule has 0 bridgehead atoms. The molecule has 1 heterocycles. The van der Waals surface area contributed by atoms with E-state index in [1.54, 1.807) is 6.92 Å². The van der Waals surface area contributed by atoms with E-state index in [-0.39, 0.29) is 16.9 Å². The Hall–Kier alpha value is -2.66.